The zero-order valence-electron chi connectivity index (χ0n) is 9.82. The number of hydrogen-bond donors (Lipinski definition) is 1. The summed E-state index contributed by atoms with van der Waals surface area (Å²) in [5.74, 6) is 0.269. The van der Waals surface area contributed by atoms with Crippen LogP contribution in [0.15, 0.2) is 61.1 Å². The average Bonchev–Trinajstić information content (AvgIpc) is 2.39. The van der Waals surface area contributed by atoms with Crippen molar-refractivity contribution in [3.63, 3.8) is 0 Å². The summed E-state index contributed by atoms with van der Waals surface area (Å²) >= 11 is 0. The highest BCUT2D eigenvalue weighted by Gasteiger charge is 2.07. The van der Waals surface area contributed by atoms with Crippen molar-refractivity contribution in [2.45, 2.75) is 6.54 Å². The van der Waals surface area contributed by atoms with Crippen molar-refractivity contribution in [1.82, 2.24) is 4.98 Å². The average molecular weight is 237 g/mol. The number of benzene rings is 1. The highest BCUT2D eigenvalue weighted by Crippen LogP contribution is 2.15. The molecule has 0 spiro atoms. The van der Waals surface area contributed by atoms with E-state index in [9.17, 15) is 5.11 Å². The molecule has 0 radical (unpaired) electrons. The molecule has 0 atom stereocenters. The summed E-state index contributed by atoms with van der Waals surface area (Å²) < 4.78 is 1.94. The Morgan fingerprint density at radius 3 is 2.83 bits per heavy atom. The topological polar surface area (TPSA) is 37.0 Å². The van der Waals surface area contributed by atoms with Crippen LogP contribution in [0.1, 0.15) is 5.56 Å². The molecule has 3 aromatic rings. The van der Waals surface area contributed by atoms with E-state index < -0.39 is 0 Å². The summed E-state index contributed by atoms with van der Waals surface area (Å²) in [6, 6.07) is 13.6. The van der Waals surface area contributed by atoms with Gasteiger partial charge < -0.3 is 5.11 Å². The second-order valence-electron chi connectivity index (χ2n) is 4.23. The molecule has 0 fully saturated rings. The molecule has 2 heterocycles. The molecule has 1 aromatic carbocycles. The van der Waals surface area contributed by atoms with Crippen molar-refractivity contribution in [2.24, 2.45) is 0 Å². The van der Waals surface area contributed by atoms with Crippen molar-refractivity contribution < 1.29 is 9.67 Å². The highest BCUT2D eigenvalue weighted by molar-refractivity contribution is 5.81. The lowest BCUT2D eigenvalue weighted by molar-refractivity contribution is -0.688. The van der Waals surface area contributed by atoms with E-state index in [1.165, 1.54) is 0 Å². The third kappa shape index (κ3) is 2.02. The zero-order chi connectivity index (χ0) is 12.4. The predicted molar refractivity (Wildman–Crippen MR) is 69.1 cm³/mol. The summed E-state index contributed by atoms with van der Waals surface area (Å²) in [6.45, 7) is 0.697. The summed E-state index contributed by atoms with van der Waals surface area (Å²) in [7, 11) is 0. The number of aromatic nitrogens is 2. The first-order valence-corrected chi connectivity index (χ1v) is 5.83. The fourth-order valence-corrected chi connectivity index (χ4v) is 2.10. The van der Waals surface area contributed by atoms with E-state index in [-0.39, 0.29) is 5.75 Å². The van der Waals surface area contributed by atoms with Crippen molar-refractivity contribution in [2.75, 3.05) is 0 Å². The predicted octanol–water partition coefficient (Wildman–Crippen LogP) is 2.28. The SMILES string of the molecule is Oc1ccc[n+](Cc2cccc3cccnc23)c1. The first kappa shape index (κ1) is 10.7. The molecule has 1 N–H and O–H groups in total. The molecule has 2 aromatic heterocycles. The molecule has 0 aliphatic heterocycles. The number of pyridine rings is 2. The smallest absolute Gasteiger partial charge is 0.211 e. The Morgan fingerprint density at radius 2 is 1.94 bits per heavy atom. The van der Waals surface area contributed by atoms with Gasteiger partial charge in [0.15, 0.2) is 18.5 Å². The van der Waals surface area contributed by atoms with Gasteiger partial charge in [0.25, 0.3) is 0 Å². The van der Waals surface area contributed by atoms with Crippen LogP contribution < -0.4 is 4.57 Å². The van der Waals surface area contributed by atoms with E-state index in [2.05, 4.69) is 23.2 Å². The van der Waals surface area contributed by atoms with Crippen LogP contribution in [0.2, 0.25) is 0 Å². The third-order valence-electron chi connectivity index (χ3n) is 2.91. The normalized spacial score (nSPS) is 10.7. The van der Waals surface area contributed by atoms with Gasteiger partial charge in [0.1, 0.15) is 0 Å². The van der Waals surface area contributed by atoms with Crippen LogP contribution in [0.4, 0.5) is 0 Å². The van der Waals surface area contributed by atoms with Crippen LogP contribution in [0, 0.1) is 0 Å². The van der Waals surface area contributed by atoms with E-state index in [1.807, 2.05) is 29.0 Å². The minimum absolute atomic E-state index is 0.269. The second kappa shape index (κ2) is 4.45. The first-order chi connectivity index (χ1) is 8.83. The molecule has 0 bridgehead atoms. The van der Waals surface area contributed by atoms with Gasteiger partial charge in [-0.15, -0.1) is 0 Å². The van der Waals surface area contributed by atoms with Crippen molar-refractivity contribution >= 4 is 10.9 Å². The molecule has 0 amide bonds. The number of nitrogens with zero attached hydrogens (tertiary/aromatic N) is 2. The Bertz CT molecular complexity index is 689. The summed E-state index contributed by atoms with van der Waals surface area (Å²) in [5, 5.41) is 10.6. The van der Waals surface area contributed by atoms with Gasteiger partial charge in [0.05, 0.1) is 5.52 Å². The van der Waals surface area contributed by atoms with E-state index in [0.29, 0.717) is 6.54 Å². The maximum atomic E-state index is 9.47. The monoisotopic (exact) mass is 237 g/mol. The minimum Gasteiger partial charge on any atom is -0.503 e. The largest absolute Gasteiger partial charge is 0.503 e. The van der Waals surface area contributed by atoms with Crippen molar-refractivity contribution in [3.05, 3.63) is 66.6 Å². The van der Waals surface area contributed by atoms with Gasteiger partial charge >= 0.3 is 0 Å². The molecule has 88 valence electrons. The number of aromatic hydroxyl groups is 1. The van der Waals surface area contributed by atoms with Gasteiger partial charge in [-0.3, -0.25) is 4.98 Å². The molecule has 18 heavy (non-hydrogen) atoms. The Labute approximate surface area is 105 Å². The van der Waals surface area contributed by atoms with Crippen LogP contribution in [-0.2, 0) is 6.54 Å². The molecule has 0 unspecified atom stereocenters. The molecule has 3 nitrogen and oxygen atoms in total. The van der Waals surface area contributed by atoms with Crippen LogP contribution in [0.5, 0.6) is 5.75 Å². The molecule has 0 saturated heterocycles. The van der Waals surface area contributed by atoms with Crippen LogP contribution in [-0.4, -0.2) is 10.1 Å². The number of rotatable bonds is 2. The third-order valence-corrected chi connectivity index (χ3v) is 2.91. The van der Waals surface area contributed by atoms with Gasteiger partial charge in [-0.05, 0) is 12.1 Å². The fourth-order valence-electron chi connectivity index (χ4n) is 2.10. The van der Waals surface area contributed by atoms with E-state index in [0.717, 1.165) is 16.5 Å². The van der Waals surface area contributed by atoms with Gasteiger partial charge in [0, 0.05) is 23.2 Å². The van der Waals surface area contributed by atoms with E-state index in [4.69, 9.17) is 0 Å². The summed E-state index contributed by atoms with van der Waals surface area (Å²) in [5.41, 5.74) is 2.15. The van der Waals surface area contributed by atoms with Crippen LogP contribution in [0.25, 0.3) is 10.9 Å². The lowest BCUT2D eigenvalue weighted by Gasteiger charge is -2.02. The standard InChI is InChI=1S/C15H12N2O/c18-14-7-3-9-17(11-14)10-13-5-1-4-12-6-2-8-16-15(12)13/h1-9,11H,10H2/p+1. The Morgan fingerprint density at radius 1 is 1.06 bits per heavy atom. The number of hydrogen-bond acceptors (Lipinski definition) is 2. The molecular weight excluding hydrogens is 224 g/mol. The number of fused-ring (bicyclic) bond motifs is 1. The fraction of sp³-hybridized carbons (Fsp3) is 0.0667. The van der Waals surface area contributed by atoms with Crippen LogP contribution in [0.3, 0.4) is 0 Å². The summed E-state index contributed by atoms with van der Waals surface area (Å²) in [4.78, 5) is 4.42. The maximum absolute atomic E-state index is 9.47. The van der Waals surface area contributed by atoms with Crippen LogP contribution >= 0.6 is 0 Å². The molecule has 0 aliphatic carbocycles. The highest BCUT2D eigenvalue weighted by atomic mass is 16.3. The molecule has 3 rings (SSSR count). The summed E-state index contributed by atoms with van der Waals surface area (Å²) in [6.07, 6.45) is 5.45. The Kier molecular flexibility index (Phi) is 2.65. The first-order valence-electron chi connectivity index (χ1n) is 5.83. The molecule has 0 aliphatic rings. The minimum atomic E-state index is 0.269. The van der Waals surface area contributed by atoms with Gasteiger partial charge in [0.2, 0.25) is 6.20 Å². The lowest BCUT2D eigenvalue weighted by Crippen LogP contribution is -2.33. The molecular formula is C15H13N2O+. The number of para-hydroxylation sites is 1. The van der Waals surface area contributed by atoms with E-state index >= 15 is 0 Å². The second-order valence-corrected chi connectivity index (χ2v) is 4.23. The van der Waals surface area contributed by atoms with E-state index in [1.54, 1.807) is 18.5 Å². The Hall–Kier alpha value is -2.42. The Balaban J connectivity index is 2.05. The molecule has 3 heteroatoms. The van der Waals surface area contributed by atoms with Gasteiger partial charge in [-0.1, -0.05) is 24.3 Å². The van der Waals surface area contributed by atoms with Gasteiger partial charge in [-0.25, -0.2) is 0 Å². The van der Waals surface area contributed by atoms with Crippen molar-refractivity contribution in [1.29, 1.82) is 0 Å². The maximum Gasteiger partial charge on any atom is 0.211 e. The molecule has 0 saturated carbocycles. The lowest BCUT2D eigenvalue weighted by atomic mass is 10.1. The quantitative estimate of drug-likeness (QED) is 0.694. The zero-order valence-corrected chi connectivity index (χ0v) is 9.82. The van der Waals surface area contributed by atoms with Gasteiger partial charge in [-0.2, -0.15) is 4.57 Å². The van der Waals surface area contributed by atoms with Crippen molar-refractivity contribution in [3.8, 4) is 5.75 Å².